The van der Waals surface area contributed by atoms with E-state index in [4.69, 9.17) is 0 Å². The second-order valence-corrected chi connectivity index (χ2v) is 3.92. The van der Waals surface area contributed by atoms with E-state index in [1.165, 1.54) is 7.05 Å². The number of hydrogen-bond donors (Lipinski definition) is 1. The molecule has 0 heterocycles. The maximum absolute atomic E-state index is 12.0. The highest BCUT2D eigenvalue weighted by molar-refractivity contribution is 5.94. The Kier molecular flexibility index (Phi) is 4.58. The first-order valence-corrected chi connectivity index (χ1v) is 5.43. The molecule has 1 rings (SSSR count). The van der Waals surface area contributed by atoms with Gasteiger partial charge in [0, 0.05) is 31.9 Å². The summed E-state index contributed by atoms with van der Waals surface area (Å²) in [6, 6.07) is 6.56. The molecule has 100 valence electrons. The fraction of sp³-hybridized carbons (Fsp3) is 0.417. The normalized spacial score (nSPS) is 11.2. The van der Waals surface area contributed by atoms with E-state index in [-0.39, 0.29) is 6.54 Å². The molecule has 0 spiro atoms. The summed E-state index contributed by atoms with van der Waals surface area (Å²) in [4.78, 5) is 12.9. The van der Waals surface area contributed by atoms with Crippen LogP contribution >= 0.6 is 0 Å². The van der Waals surface area contributed by atoms with Gasteiger partial charge in [-0.15, -0.1) is 0 Å². The summed E-state index contributed by atoms with van der Waals surface area (Å²) in [6.07, 6.45) is -5.24. The van der Waals surface area contributed by atoms with Crippen LogP contribution in [0.4, 0.5) is 18.9 Å². The first kappa shape index (κ1) is 14.3. The van der Waals surface area contributed by atoms with Gasteiger partial charge in [0.25, 0.3) is 5.91 Å². The van der Waals surface area contributed by atoms with Crippen LogP contribution in [-0.2, 0) is 0 Å². The van der Waals surface area contributed by atoms with Crippen LogP contribution in [0.3, 0.4) is 0 Å². The smallest absolute Gasteiger partial charge is 0.388 e. The van der Waals surface area contributed by atoms with Crippen molar-refractivity contribution in [1.29, 1.82) is 0 Å². The van der Waals surface area contributed by atoms with Crippen LogP contribution in [0.15, 0.2) is 24.3 Å². The molecule has 1 aromatic rings. The molecule has 0 aliphatic rings. The molecule has 6 heteroatoms. The van der Waals surface area contributed by atoms with Gasteiger partial charge in [0.15, 0.2) is 0 Å². The highest BCUT2D eigenvalue weighted by Gasteiger charge is 2.28. The molecule has 1 aromatic carbocycles. The lowest BCUT2D eigenvalue weighted by atomic mass is 10.2. The summed E-state index contributed by atoms with van der Waals surface area (Å²) in [6.45, 7) is -0.337. The topological polar surface area (TPSA) is 32.3 Å². The lowest BCUT2D eigenvalue weighted by Gasteiger charge is -2.18. The van der Waals surface area contributed by atoms with Crippen molar-refractivity contribution in [1.82, 2.24) is 4.90 Å². The highest BCUT2D eigenvalue weighted by atomic mass is 19.4. The summed E-state index contributed by atoms with van der Waals surface area (Å²) in [5.74, 6) is -0.415. The van der Waals surface area contributed by atoms with Gasteiger partial charge < -0.3 is 10.2 Å². The van der Waals surface area contributed by atoms with E-state index in [2.05, 4.69) is 5.32 Å². The Labute approximate surface area is 104 Å². The molecule has 0 fully saturated rings. The monoisotopic (exact) mass is 260 g/mol. The average molecular weight is 260 g/mol. The van der Waals surface area contributed by atoms with Crippen molar-refractivity contribution < 1.29 is 18.0 Å². The summed E-state index contributed by atoms with van der Waals surface area (Å²) < 4.78 is 36.1. The van der Waals surface area contributed by atoms with Crippen LogP contribution in [0.25, 0.3) is 0 Å². The number of nitrogens with one attached hydrogen (secondary N) is 1. The molecule has 0 aromatic heterocycles. The van der Waals surface area contributed by atoms with Gasteiger partial charge >= 0.3 is 6.18 Å². The molecule has 0 saturated heterocycles. The lowest BCUT2D eigenvalue weighted by molar-refractivity contribution is -0.136. The van der Waals surface area contributed by atoms with Gasteiger partial charge in [-0.1, -0.05) is 0 Å². The van der Waals surface area contributed by atoms with Gasteiger partial charge in [0.05, 0.1) is 6.42 Å². The van der Waals surface area contributed by atoms with Gasteiger partial charge in [-0.3, -0.25) is 4.79 Å². The molecule has 1 amide bonds. The van der Waals surface area contributed by atoms with E-state index < -0.39 is 18.5 Å². The van der Waals surface area contributed by atoms with Crippen LogP contribution < -0.4 is 5.32 Å². The molecule has 0 aliphatic heterocycles. The van der Waals surface area contributed by atoms with Crippen molar-refractivity contribution >= 4 is 11.6 Å². The Morgan fingerprint density at radius 2 is 1.83 bits per heavy atom. The van der Waals surface area contributed by atoms with E-state index >= 15 is 0 Å². The van der Waals surface area contributed by atoms with Crippen LogP contribution in [-0.4, -0.2) is 37.6 Å². The predicted octanol–water partition coefficient (Wildman–Crippen LogP) is 2.75. The Bertz CT molecular complexity index is 401. The molecule has 0 aliphatic carbocycles. The number of anilines is 1. The first-order chi connectivity index (χ1) is 8.33. The van der Waals surface area contributed by atoms with Gasteiger partial charge in [-0.25, -0.2) is 0 Å². The minimum atomic E-state index is -4.25. The van der Waals surface area contributed by atoms with Crippen LogP contribution in [0.1, 0.15) is 16.8 Å². The van der Waals surface area contributed by atoms with Crippen molar-refractivity contribution in [3.63, 3.8) is 0 Å². The minimum Gasteiger partial charge on any atom is -0.388 e. The Hall–Kier alpha value is -1.72. The molecule has 18 heavy (non-hydrogen) atoms. The third kappa shape index (κ3) is 4.27. The number of hydrogen-bond acceptors (Lipinski definition) is 2. The number of alkyl halides is 3. The third-order valence-corrected chi connectivity index (χ3v) is 2.50. The molecule has 1 N–H and O–H groups in total. The average Bonchev–Trinajstić information content (AvgIpc) is 2.34. The quantitative estimate of drug-likeness (QED) is 0.902. The zero-order valence-corrected chi connectivity index (χ0v) is 10.2. The SMILES string of the molecule is CNc1ccc(C(=O)N(C)CCC(F)(F)F)cc1. The van der Waals surface area contributed by atoms with Crippen molar-refractivity contribution in [2.24, 2.45) is 0 Å². The van der Waals surface area contributed by atoms with Crippen LogP contribution in [0.2, 0.25) is 0 Å². The van der Waals surface area contributed by atoms with E-state index in [1.54, 1.807) is 31.3 Å². The molecule has 0 unspecified atom stereocenters. The Morgan fingerprint density at radius 1 is 1.28 bits per heavy atom. The van der Waals surface area contributed by atoms with Crippen molar-refractivity contribution in [3.05, 3.63) is 29.8 Å². The van der Waals surface area contributed by atoms with Crippen molar-refractivity contribution in [3.8, 4) is 0 Å². The number of amides is 1. The number of benzene rings is 1. The zero-order chi connectivity index (χ0) is 13.8. The zero-order valence-electron chi connectivity index (χ0n) is 10.2. The second-order valence-electron chi connectivity index (χ2n) is 3.92. The number of carbonyl (C=O) groups is 1. The fourth-order valence-corrected chi connectivity index (χ4v) is 1.40. The number of nitrogens with zero attached hydrogens (tertiary/aromatic N) is 1. The summed E-state index contributed by atoms with van der Waals surface area (Å²) in [5, 5.41) is 2.89. The van der Waals surface area contributed by atoms with Gasteiger partial charge in [0.1, 0.15) is 0 Å². The summed E-state index contributed by atoms with van der Waals surface area (Å²) in [7, 11) is 3.10. The van der Waals surface area contributed by atoms with E-state index in [0.717, 1.165) is 10.6 Å². The Morgan fingerprint density at radius 3 is 2.28 bits per heavy atom. The van der Waals surface area contributed by atoms with E-state index in [1.807, 2.05) is 0 Å². The standard InChI is InChI=1S/C12H15F3N2O/c1-16-10-5-3-9(4-6-10)11(18)17(2)8-7-12(13,14)15/h3-6,16H,7-8H2,1-2H3. The first-order valence-electron chi connectivity index (χ1n) is 5.43. The van der Waals surface area contributed by atoms with Gasteiger partial charge in [-0.2, -0.15) is 13.2 Å². The lowest BCUT2D eigenvalue weighted by Crippen LogP contribution is -2.30. The minimum absolute atomic E-state index is 0.337. The molecule has 0 saturated carbocycles. The maximum atomic E-state index is 12.0. The fourth-order valence-electron chi connectivity index (χ4n) is 1.40. The van der Waals surface area contributed by atoms with Crippen LogP contribution in [0.5, 0.6) is 0 Å². The maximum Gasteiger partial charge on any atom is 0.390 e. The van der Waals surface area contributed by atoms with Gasteiger partial charge in [0.2, 0.25) is 0 Å². The molecular formula is C12H15F3N2O. The van der Waals surface area contributed by atoms with E-state index in [0.29, 0.717) is 5.56 Å². The molecular weight excluding hydrogens is 245 g/mol. The molecule has 0 bridgehead atoms. The number of carbonyl (C=O) groups excluding carboxylic acids is 1. The third-order valence-electron chi connectivity index (χ3n) is 2.50. The number of halogens is 3. The molecule has 0 radical (unpaired) electrons. The number of rotatable bonds is 4. The second kappa shape index (κ2) is 5.75. The predicted molar refractivity (Wildman–Crippen MR) is 63.6 cm³/mol. The van der Waals surface area contributed by atoms with Crippen molar-refractivity contribution in [2.45, 2.75) is 12.6 Å². The van der Waals surface area contributed by atoms with Crippen molar-refractivity contribution in [2.75, 3.05) is 26.0 Å². The molecule has 3 nitrogen and oxygen atoms in total. The van der Waals surface area contributed by atoms with Crippen LogP contribution in [0, 0.1) is 0 Å². The highest BCUT2D eigenvalue weighted by Crippen LogP contribution is 2.20. The Balaban J connectivity index is 2.62. The summed E-state index contributed by atoms with van der Waals surface area (Å²) >= 11 is 0. The largest absolute Gasteiger partial charge is 0.390 e. The van der Waals surface area contributed by atoms with E-state index in [9.17, 15) is 18.0 Å². The summed E-state index contributed by atoms with van der Waals surface area (Å²) in [5.41, 5.74) is 1.21. The van der Waals surface area contributed by atoms with Gasteiger partial charge in [-0.05, 0) is 24.3 Å². The molecule has 0 atom stereocenters.